The molecule has 0 spiro atoms. The second kappa shape index (κ2) is 6.35. The molecule has 18 heavy (non-hydrogen) atoms. The van der Waals surface area contributed by atoms with Gasteiger partial charge in [-0.1, -0.05) is 24.1 Å². The van der Waals surface area contributed by atoms with Crippen molar-refractivity contribution in [3.8, 4) is 0 Å². The van der Waals surface area contributed by atoms with Gasteiger partial charge in [0, 0.05) is 18.4 Å². The van der Waals surface area contributed by atoms with E-state index in [0.717, 1.165) is 12.2 Å². The van der Waals surface area contributed by atoms with E-state index in [1.54, 1.807) is 6.20 Å². The van der Waals surface area contributed by atoms with Crippen molar-refractivity contribution >= 4 is 5.84 Å². The highest BCUT2D eigenvalue weighted by molar-refractivity contribution is 5.96. The lowest BCUT2D eigenvalue weighted by molar-refractivity contribution is 0.0886. The minimum absolute atomic E-state index is 0.0232. The van der Waals surface area contributed by atoms with E-state index in [4.69, 9.17) is 15.7 Å². The maximum absolute atomic E-state index is 8.69. The molecule has 2 rings (SSSR count). The third kappa shape index (κ3) is 3.20. The van der Waals surface area contributed by atoms with E-state index in [1.807, 2.05) is 12.1 Å². The summed E-state index contributed by atoms with van der Waals surface area (Å²) in [6.45, 7) is 1.24. The Morgan fingerprint density at radius 3 is 3.00 bits per heavy atom. The fourth-order valence-corrected chi connectivity index (χ4v) is 2.35. The second-order valence-corrected chi connectivity index (χ2v) is 4.66. The Kier molecular flexibility index (Phi) is 4.52. The summed E-state index contributed by atoms with van der Waals surface area (Å²) in [5.74, 6) is 0.712. The standard InChI is InChI=1S/C13H19N3O2/c14-13(16-17)12-11(6-3-7-15-12)9-18-8-10-4-1-2-5-10/h3,6-7,10,17H,1-2,4-5,8-9H2,(H2,14,16). The number of amidine groups is 1. The fourth-order valence-electron chi connectivity index (χ4n) is 2.35. The molecule has 1 saturated carbocycles. The smallest absolute Gasteiger partial charge is 0.189 e. The normalized spacial score (nSPS) is 17.2. The number of pyridine rings is 1. The van der Waals surface area contributed by atoms with Crippen molar-refractivity contribution in [2.24, 2.45) is 16.8 Å². The first kappa shape index (κ1) is 12.8. The van der Waals surface area contributed by atoms with Crippen LogP contribution in [0.5, 0.6) is 0 Å². The van der Waals surface area contributed by atoms with Gasteiger partial charge in [0.15, 0.2) is 5.84 Å². The van der Waals surface area contributed by atoms with Gasteiger partial charge in [0.1, 0.15) is 5.69 Å². The van der Waals surface area contributed by atoms with E-state index < -0.39 is 0 Å². The van der Waals surface area contributed by atoms with Gasteiger partial charge in [-0.05, 0) is 24.8 Å². The van der Waals surface area contributed by atoms with Crippen LogP contribution in [-0.4, -0.2) is 22.6 Å². The van der Waals surface area contributed by atoms with E-state index in [9.17, 15) is 0 Å². The first-order valence-electron chi connectivity index (χ1n) is 6.31. The molecule has 5 nitrogen and oxygen atoms in total. The third-order valence-electron chi connectivity index (χ3n) is 3.33. The zero-order valence-corrected chi connectivity index (χ0v) is 10.4. The maximum atomic E-state index is 8.69. The lowest BCUT2D eigenvalue weighted by Crippen LogP contribution is -2.18. The number of ether oxygens (including phenoxy) is 1. The molecule has 1 aromatic rings. The number of nitrogens with zero attached hydrogens (tertiary/aromatic N) is 2. The van der Waals surface area contributed by atoms with Gasteiger partial charge >= 0.3 is 0 Å². The third-order valence-corrected chi connectivity index (χ3v) is 3.33. The molecule has 0 radical (unpaired) electrons. The molecule has 0 aliphatic heterocycles. The lowest BCUT2D eigenvalue weighted by Gasteiger charge is -2.11. The number of rotatable bonds is 5. The van der Waals surface area contributed by atoms with Gasteiger partial charge in [-0.25, -0.2) is 0 Å². The molecule has 0 unspecified atom stereocenters. The van der Waals surface area contributed by atoms with E-state index in [0.29, 0.717) is 18.2 Å². The molecule has 0 aromatic carbocycles. The van der Waals surface area contributed by atoms with Gasteiger partial charge in [-0.3, -0.25) is 4.98 Å². The van der Waals surface area contributed by atoms with Crippen LogP contribution in [0.1, 0.15) is 36.9 Å². The van der Waals surface area contributed by atoms with Crippen molar-refractivity contribution in [1.82, 2.24) is 4.98 Å². The molecule has 5 heteroatoms. The first-order valence-corrected chi connectivity index (χ1v) is 6.31. The van der Waals surface area contributed by atoms with Gasteiger partial charge in [-0.15, -0.1) is 0 Å². The Hall–Kier alpha value is -1.62. The molecule has 1 aliphatic carbocycles. The Morgan fingerprint density at radius 1 is 1.50 bits per heavy atom. The summed E-state index contributed by atoms with van der Waals surface area (Å²) >= 11 is 0. The van der Waals surface area contributed by atoms with Gasteiger partial charge in [0.05, 0.1) is 6.61 Å². The molecular formula is C13H19N3O2. The molecule has 0 amide bonds. The minimum Gasteiger partial charge on any atom is -0.409 e. The van der Waals surface area contributed by atoms with Crippen molar-refractivity contribution in [3.63, 3.8) is 0 Å². The van der Waals surface area contributed by atoms with Crippen LogP contribution < -0.4 is 5.73 Å². The van der Waals surface area contributed by atoms with E-state index in [1.165, 1.54) is 25.7 Å². The van der Waals surface area contributed by atoms with Crippen molar-refractivity contribution < 1.29 is 9.94 Å². The molecule has 0 atom stereocenters. The Labute approximate surface area is 107 Å². The number of aromatic nitrogens is 1. The van der Waals surface area contributed by atoms with Crippen molar-refractivity contribution in [2.45, 2.75) is 32.3 Å². The maximum Gasteiger partial charge on any atom is 0.189 e. The molecule has 3 N–H and O–H groups in total. The Bertz CT molecular complexity index is 414. The van der Waals surface area contributed by atoms with Crippen molar-refractivity contribution in [2.75, 3.05) is 6.61 Å². The summed E-state index contributed by atoms with van der Waals surface area (Å²) in [5.41, 5.74) is 6.92. The van der Waals surface area contributed by atoms with Crippen LogP contribution in [-0.2, 0) is 11.3 Å². The number of hydrogen-bond acceptors (Lipinski definition) is 4. The number of nitrogens with two attached hydrogens (primary N) is 1. The average molecular weight is 249 g/mol. The highest BCUT2D eigenvalue weighted by Crippen LogP contribution is 2.25. The number of hydrogen-bond donors (Lipinski definition) is 2. The molecule has 0 bridgehead atoms. The van der Waals surface area contributed by atoms with Gasteiger partial charge in [0.25, 0.3) is 0 Å². The molecular weight excluding hydrogens is 230 g/mol. The largest absolute Gasteiger partial charge is 0.409 e. The van der Waals surface area contributed by atoms with Crippen LogP contribution in [0.4, 0.5) is 0 Å². The van der Waals surface area contributed by atoms with Crippen molar-refractivity contribution in [1.29, 1.82) is 0 Å². The summed E-state index contributed by atoms with van der Waals surface area (Å²) in [6.07, 6.45) is 6.78. The van der Waals surface area contributed by atoms with Crippen LogP contribution in [0.25, 0.3) is 0 Å². The van der Waals surface area contributed by atoms with Gasteiger partial charge in [-0.2, -0.15) is 0 Å². The Balaban J connectivity index is 1.92. The fraction of sp³-hybridized carbons (Fsp3) is 0.538. The monoisotopic (exact) mass is 249 g/mol. The molecule has 98 valence electrons. The highest BCUT2D eigenvalue weighted by atomic mass is 16.5. The number of oxime groups is 1. The molecule has 1 aliphatic rings. The van der Waals surface area contributed by atoms with Gasteiger partial charge in [0.2, 0.25) is 0 Å². The summed E-state index contributed by atoms with van der Waals surface area (Å²) in [5, 5.41) is 11.7. The zero-order valence-electron chi connectivity index (χ0n) is 10.4. The minimum atomic E-state index is 0.0232. The summed E-state index contributed by atoms with van der Waals surface area (Å²) < 4.78 is 5.71. The topological polar surface area (TPSA) is 80.7 Å². The quantitative estimate of drug-likeness (QED) is 0.361. The summed E-state index contributed by atoms with van der Waals surface area (Å²) in [4.78, 5) is 4.10. The molecule has 1 heterocycles. The van der Waals surface area contributed by atoms with E-state index >= 15 is 0 Å². The van der Waals surface area contributed by atoms with Crippen LogP contribution in [0.2, 0.25) is 0 Å². The SMILES string of the molecule is NC(=NO)c1ncccc1COCC1CCCC1. The summed E-state index contributed by atoms with van der Waals surface area (Å²) in [7, 11) is 0. The second-order valence-electron chi connectivity index (χ2n) is 4.66. The lowest BCUT2D eigenvalue weighted by atomic mass is 10.1. The predicted molar refractivity (Wildman–Crippen MR) is 68.4 cm³/mol. The van der Waals surface area contributed by atoms with E-state index in [-0.39, 0.29) is 5.84 Å². The molecule has 1 fully saturated rings. The highest BCUT2D eigenvalue weighted by Gasteiger charge is 2.15. The van der Waals surface area contributed by atoms with E-state index in [2.05, 4.69) is 10.1 Å². The van der Waals surface area contributed by atoms with Crippen LogP contribution in [0, 0.1) is 5.92 Å². The van der Waals surface area contributed by atoms with Crippen LogP contribution >= 0.6 is 0 Å². The predicted octanol–water partition coefficient (Wildman–Crippen LogP) is 1.88. The van der Waals surface area contributed by atoms with Crippen molar-refractivity contribution in [3.05, 3.63) is 29.6 Å². The van der Waals surface area contributed by atoms with Crippen LogP contribution in [0.15, 0.2) is 23.5 Å². The zero-order chi connectivity index (χ0) is 12.8. The average Bonchev–Trinajstić information content (AvgIpc) is 2.92. The molecule has 1 aromatic heterocycles. The molecule has 0 saturated heterocycles. The van der Waals surface area contributed by atoms with Crippen LogP contribution in [0.3, 0.4) is 0 Å². The summed E-state index contributed by atoms with van der Waals surface area (Å²) in [6, 6.07) is 3.71. The first-order chi connectivity index (χ1) is 8.81. The Morgan fingerprint density at radius 2 is 2.28 bits per heavy atom. The van der Waals surface area contributed by atoms with Gasteiger partial charge < -0.3 is 15.7 Å².